The van der Waals surface area contributed by atoms with Gasteiger partial charge in [-0.05, 0) is 24.3 Å². The van der Waals surface area contributed by atoms with Crippen molar-refractivity contribution in [3.05, 3.63) is 35.9 Å². The van der Waals surface area contributed by atoms with Crippen molar-refractivity contribution >= 4 is 11.9 Å². The van der Waals surface area contributed by atoms with Gasteiger partial charge in [-0.25, -0.2) is 0 Å². The smallest absolute Gasteiger partial charge is 0.305 e. The maximum Gasteiger partial charge on any atom is 0.305 e. The van der Waals surface area contributed by atoms with Crippen molar-refractivity contribution in [2.45, 2.75) is 51.0 Å². The number of aliphatic carboxylic acids is 1. The summed E-state index contributed by atoms with van der Waals surface area (Å²) < 4.78 is 5.05. The SMILES string of the molecule is COCC(C)(CC(=O)O)NC(=O)CCC(C)(C)c1ccccc1. The maximum absolute atomic E-state index is 12.2. The summed E-state index contributed by atoms with van der Waals surface area (Å²) in [4.78, 5) is 23.2. The molecule has 0 aromatic heterocycles. The summed E-state index contributed by atoms with van der Waals surface area (Å²) in [6.07, 6.45) is 0.842. The first kappa shape index (κ1) is 19.2. The molecule has 1 aromatic rings. The first-order chi connectivity index (χ1) is 10.7. The molecular formula is C18H27NO4. The minimum absolute atomic E-state index is 0.122. The Hall–Kier alpha value is -1.88. The highest BCUT2D eigenvalue weighted by Gasteiger charge is 2.30. The van der Waals surface area contributed by atoms with Crippen LogP contribution in [0.25, 0.3) is 0 Å². The summed E-state index contributed by atoms with van der Waals surface area (Å²) in [6.45, 7) is 6.04. The average molecular weight is 321 g/mol. The predicted molar refractivity (Wildman–Crippen MR) is 89.4 cm³/mol. The van der Waals surface area contributed by atoms with Gasteiger partial charge in [0.25, 0.3) is 0 Å². The number of hydrogen-bond acceptors (Lipinski definition) is 3. The Balaban J connectivity index is 2.63. The third kappa shape index (κ3) is 6.40. The minimum atomic E-state index is -0.963. The summed E-state index contributed by atoms with van der Waals surface area (Å²) in [5, 5.41) is 11.8. The molecule has 1 amide bonds. The lowest BCUT2D eigenvalue weighted by Gasteiger charge is -2.30. The fourth-order valence-electron chi connectivity index (χ4n) is 2.64. The van der Waals surface area contributed by atoms with Gasteiger partial charge in [-0.1, -0.05) is 44.2 Å². The second-order valence-electron chi connectivity index (χ2n) is 6.86. The Morgan fingerprint density at radius 3 is 2.30 bits per heavy atom. The van der Waals surface area contributed by atoms with Crippen molar-refractivity contribution in [2.75, 3.05) is 13.7 Å². The lowest BCUT2D eigenvalue weighted by atomic mass is 9.80. The molecule has 2 N–H and O–H groups in total. The number of hydrogen-bond donors (Lipinski definition) is 2. The monoisotopic (exact) mass is 321 g/mol. The lowest BCUT2D eigenvalue weighted by Crippen LogP contribution is -2.50. The molecule has 1 unspecified atom stereocenters. The number of amides is 1. The molecule has 0 heterocycles. The van der Waals surface area contributed by atoms with Crippen molar-refractivity contribution in [1.29, 1.82) is 0 Å². The van der Waals surface area contributed by atoms with Crippen LogP contribution in [-0.2, 0) is 19.7 Å². The van der Waals surface area contributed by atoms with Crippen LogP contribution in [-0.4, -0.2) is 36.2 Å². The number of rotatable bonds is 9. The standard InChI is InChI=1S/C18H27NO4/c1-17(2,14-8-6-5-7-9-14)11-10-15(20)19-18(3,13-23-4)12-16(21)22/h5-9H,10-13H2,1-4H3,(H,19,20)(H,21,22). The molecule has 128 valence electrons. The van der Waals surface area contributed by atoms with Gasteiger partial charge in [0.05, 0.1) is 18.6 Å². The highest BCUT2D eigenvalue weighted by atomic mass is 16.5. The molecule has 1 atom stereocenters. The fraction of sp³-hybridized carbons (Fsp3) is 0.556. The van der Waals surface area contributed by atoms with Gasteiger partial charge in [-0.15, -0.1) is 0 Å². The topological polar surface area (TPSA) is 75.6 Å². The molecule has 1 aromatic carbocycles. The van der Waals surface area contributed by atoms with E-state index in [2.05, 4.69) is 31.3 Å². The zero-order chi connectivity index (χ0) is 17.5. The second kappa shape index (κ2) is 8.11. The molecule has 5 heteroatoms. The fourth-order valence-corrected chi connectivity index (χ4v) is 2.64. The first-order valence-electron chi connectivity index (χ1n) is 7.76. The third-order valence-corrected chi connectivity index (χ3v) is 3.98. The Morgan fingerprint density at radius 1 is 1.17 bits per heavy atom. The van der Waals surface area contributed by atoms with Crippen LogP contribution in [0, 0.1) is 0 Å². The van der Waals surface area contributed by atoms with Gasteiger partial charge in [0.2, 0.25) is 5.91 Å². The Bertz CT molecular complexity index is 527. The van der Waals surface area contributed by atoms with Crippen molar-refractivity contribution < 1.29 is 19.4 Å². The number of carbonyl (C=O) groups is 2. The van der Waals surface area contributed by atoms with Gasteiger partial charge in [0.1, 0.15) is 0 Å². The molecule has 1 rings (SSSR count). The second-order valence-corrected chi connectivity index (χ2v) is 6.86. The molecule has 0 saturated heterocycles. The molecule has 0 radical (unpaired) electrons. The van der Waals surface area contributed by atoms with Crippen molar-refractivity contribution in [2.24, 2.45) is 0 Å². The van der Waals surface area contributed by atoms with Crippen molar-refractivity contribution in [3.63, 3.8) is 0 Å². The van der Waals surface area contributed by atoms with Crippen molar-refractivity contribution in [3.8, 4) is 0 Å². The number of nitrogens with one attached hydrogen (secondary N) is 1. The summed E-state index contributed by atoms with van der Waals surface area (Å²) in [5.41, 5.74) is 0.162. The van der Waals surface area contributed by atoms with Crippen LogP contribution in [0.1, 0.15) is 45.6 Å². The molecule has 0 aliphatic carbocycles. The van der Waals surface area contributed by atoms with Crippen LogP contribution in [0.2, 0.25) is 0 Å². The highest BCUT2D eigenvalue weighted by Crippen LogP contribution is 2.28. The molecule has 0 aliphatic heterocycles. The Labute approximate surface area is 138 Å². The predicted octanol–water partition coefficient (Wildman–Crippen LogP) is 2.74. The number of carboxylic acids is 1. The third-order valence-electron chi connectivity index (χ3n) is 3.98. The molecular weight excluding hydrogens is 294 g/mol. The van der Waals surface area contributed by atoms with E-state index in [1.807, 2.05) is 18.2 Å². The van der Waals surface area contributed by atoms with Gasteiger partial charge in [-0.3, -0.25) is 9.59 Å². The van der Waals surface area contributed by atoms with Crippen LogP contribution in [0.15, 0.2) is 30.3 Å². The van der Waals surface area contributed by atoms with E-state index in [0.717, 1.165) is 0 Å². The van der Waals surface area contributed by atoms with Crippen LogP contribution in [0.4, 0.5) is 0 Å². The van der Waals surface area contributed by atoms with E-state index in [-0.39, 0.29) is 24.3 Å². The number of ether oxygens (including phenoxy) is 1. The van der Waals surface area contributed by atoms with E-state index in [0.29, 0.717) is 12.8 Å². The number of benzene rings is 1. The summed E-state index contributed by atoms with van der Waals surface area (Å²) in [7, 11) is 1.49. The van der Waals surface area contributed by atoms with Crippen molar-refractivity contribution in [1.82, 2.24) is 5.32 Å². The zero-order valence-electron chi connectivity index (χ0n) is 14.4. The van der Waals surface area contributed by atoms with E-state index in [9.17, 15) is 9.59 Å². The number of carbonyl (C=O) groups excluding carboxylic acids is 1. The zero-order valence-corrected chi connectivity index (χ0v) is 14.4. The first-order valence-corrected chi connectivity index (χ1v) is 7.76. The molecule has 0 spiro atoms. The number of carboxylic acid groups (broad SMARTS) is 1. The lowest BCUT2D eigenvalue weighted by molar-refractivity contribution is -0.139. The molecule has 23 heavy (non-hydrogen) atoms. The van der Waals surface area contributed by atoms with E-state index in [1.54, 1.807) is 6.92 Å². The minimum Gasteiger partial charge on any atom is -0.481 e. The average Bonchev–Trinajstić information content (AvgIpc) is 2.45. The quantitative estimate of drug-likeness (QED) is 0.733. The van der Waals surface area contributed by atoms with Gasteiger partial charge in [0, 0.05) is 13.5 Å². The normalized spacial score (nSPS) is 14.1. The highest BCUT2D eigenvalue weighted by molar-refractivity contribution is 5.78. The summed E-state index contributed by atoms with van der Waals surface area (Å²) in [6, 6.07) is 10.0. The molecule has 0 saturated carbocycles. The molecule has 0 bridgehead atoms. The van der Waals surface area contributed by atoms with E-state index < -0.39 is 11.5 Å². The Kier molecular flexibility index (Phi) is 6.76. The number of methoxy groups -OCH3 is 1. The Morgan fingerprint density at radius 2 is 1.78 bits per heavy atom. The van der Waals surface area contributed by atoms with Gasteiger partial charge in [0.15, 0.2) is 0 Å². The van der Waals surface area contributed by atoms with Gasteiger partial charge < -0.3 is 15.2 Å². The van der Waals surface area contributed by atoms with Crippen LogP contribution < -0.4 is 5.32 Å². The van der Waals surface area contributed by atoms with Gasteiger partial charge >= 0.3 is 5.97 Å². The van der Waals surface area contributed by atoms with Gasteiger partial charge in [-0.2, -0.15) is 0 Å². The molecule has 0 fully saturated rings. The van der Waals surface area contributed by atoms with Crippen LogP contribution >= 0.6 is 0 Å². The van der Waals surface area contributed by atoms with Crippen LogP contribution in [0.5, 0.6) is 0 Å². The van der Waals surface area contributed by atoms with E-state index in [4.69, 9.17) is 9.84 Å². The van der Waals surface area contributed by atoms with E-state index in [1.165, 1.54) is 12.7 Å². The van der Waals surface area contributed by atoms with Crippen LogP contribution in [0.3, 0.4) is 0 Å². The summed E-state index contributed by atoms with van der Waals surface area (Å²) in [5.74, 6) is -1.12. The molecule has 0 aliphatic rings. The maximum atomic E-state index is 12.2. The molecule has 5 nitrogen and oxygen atoms in total. The largest absolute Gasteiger partial charge is 0.481 e. The van der Waals surface area contributed by atoms with E-state index >= 15 is 0 Å². The summed E-state index contributed by atoms with van der Waals surface area (Å²) >= 11 is 0.